The van der Waals surface area contributed by atoms with Gasteiger partial charge < -0.3 is 0 Å². The van der Waals surface area contributed by atoms with E-state index < -0.39 is 9.84 Å². The second-order valence-corrected chi connectivity index (χ2v) is 15.0. The lowest BCUT2D eigenvalue weighted by molar-refractivity contribution is 0.597. The Hall–Kier alpha value is -0.810. The molecule has 2 heterocycles. The fraction of sp³-hybridized carbons (Fsp3) is 0. The number of sulfone groups is 1. The highest BCUT2D eigenvalue weighted by Gasteiger charge is 2.30. The van der Waals surface area contributed by atoms with Gasteiger partial charge in [-0.15, -0.1) is 22.7 Å². The van der Waals surface area contributed by atoms with Gasteiger partial charge in [0.15, 0.2) is 0 Å². The maximum atomic E-state index is 14.5. The molecule has 9 heteroatoms. The molecule has 0 N–H and O–H groups in total. The first-order chi connectivity index (χ1) is 15.8. The minimum absolute atomic E-state index is 0.304. The van der Waals surface area contributed by atoms with Crippen molar-refractivity contribution < 1.29 is 8.42 Å². The molecule has 33 heavy (non-hydrogen) atoms. The number of fused-ring (bicyclic) bond motifs is 6. The van der Waals surface area contributed by atoms with Crippen molar-refractivity contribution in [1.82, 2.24) is 0 Å². The van der Waals surface area contributed by atoms with Gasteiger partial charge in [0.05, 0.1) is 9.79 Å². The zero-order valence-corrected chi connectivity index (χ0v) is 25.1. The van der Waals surface area contributed by atoms with E-state index in [0.717, 1.165) is 49.3 Å². The van der Waals surface area contributed by atoms with Gasteiger partial charge >= 0.3 is 0 Å². The second kappa shape index (κ2) is 8.11. The largest absolute Gasteiger partial charge is 0.218 e. The van der Waals surface area contributed by atoms with Gasteiger partial charge in [-0.1, -0.05) is 44.0 Å². The van der Waals surface area contributed by atoms with Crippen LogP contribution in [-0.4, -0.2) is 8.42 Å². The first-order valence-corrected chi connectivity index (χ1v) is 15.9. The van der Waals surface area contributed by atoms with Crippen LogP contribution in [0.5, 0.6) is 0 Å². The number of hydrogen-bond donors (Lipinski definition) is 0. The molecule has 0 fully saturated rings. The molecule has 0 aliphatic carbocycles. The third-order valence-corrected chi connectivity index (χ3v) is 12.5. The SMILES string of the molecule is O=S(=O)(c1c(Br)ccc2sc3cc(Br)ccc3c12)c1c(Br)ccc2sc3cc(Br)ccc3c12. The van der Waals surface area contributed by atoms with Crippen molar-refractivity contribution in [1.29, 1.82) is 0 Å². The molecule has 0 saturated carbocycles. The van der Waals surface area contributed by atoms with Gasteiger partial charge in [0.2, 0.25) is 9.84 Å². The summed E-state index contributed by atoms with van der Waals surface area (Å²) < 4.78 is 35.9. The Kier molecular flexibility index (Phi) is 5.57. The Bertz CT molecular complexity index is 1750. The third-order valence-electron chi connectivity index (χ3n) is 5.55. The zero-order chi connectivity index (χ0) is 23.1. The number of rotatable bonds is 2. The van der Waals surface area contributed by atoms with Crippen molar-refractivity contribution in [2.24, 2.45) is 0 Å². The van der Waals surface area contributed by atoms with Crippen LogP contribution in [0.25, 0.3) is 40.3 Å². The molecule has 6 aromatic rings. The predicted octanol–water partition coefficient (Wildman–Crippen LogP) is 10.3. The summed E-state index contributed by atoms with van der Waals surface area (Å²) in [6.07, 6.45) is 0. The number of hydrogen-bond acceptors (Lipinski definition) is 4. The minimum Gasteiger partial charge on any atom is -0.218 e. The molecule has 164 valence electrons. The van der Waals surface area contributed by atoms with Crippen LogP contribution in [0.3, 0.4) is 0 Å². The normalized spacial score (nSPS) is 12.5. The van der Waals surface area contributed by atoms with E-state index >= 15 is 0 Å². The third kappa shape index (κ3) is 3.50. The Morgan fingerprint density at radius 2 is 0.970 bits per heavy atom. The van der Waals surface area contributed by atoms with E-state index in [1.807, 2.05) is 60.7 Å². The smallest absolute Gasteiger partial charge is 0.210 e. The highest BCUT2D eigenvalue weighted by atomic mass is 79.9. The van der Waals surface area contributed by atoms with Gasteiger partial charge in [-0.25, -0.2) is 8.42 Å². The fourth-order valence-corrected chi connectivity index (χ4v) is 11.4. The maximum Gasteiger partial charge on any atom is 0.210 e. The summed E-state index contributed by atoms with van der Waals surface area (Å²) in [5.41, 5.74) is 0. The number of benzene rings is 4. The van der Waals surface area contributed by atoms with Gasteiger partial charge in [0, 0.05) is 58.2 Å². The van der Waals surface area contributed by atoms with Gasteiger partial charge in [-0.2, -0.15) is 0 Å². The first kappa shape index (κ1) is 22.6. The summed E-state index contributed by atoms with van der Waals surface area (Å²) in [6.45, 7) is 0. The van der Waals surface area contributed by atoms with E-state index in [9.17, 15) is 8.42 Å². The zero-order valence-electron chi connectivity index (χ0n) is 16.3. The van der Waals surface area contributed by atoms with Crippen molar-refractivity contribution >= 4 is 137 Å². The van der Waals surface area contributed by atoms with Gasteiger partial charge in [0.25, 0.3) is 0 Å². The number of halogens is 4. The average molecular weight is 746 g/mol. The molecular weight excluding hydrogens is 736 g/mol. The van der Waals surface area contributed by atoms with E-state index in [0.29, 0.717) is 18.7 Å². The van der Waals surface area contributed by atoms with Crippen LogP contribution in [0.4, 0.5) is 0 Å². The van der Waals surface area contributed by atoms with Crippen LogP contribution < -0.4 is 0 Å². The topological polar surface area (TPSA) is 34.1 Å². The Labute approximate surface area is 231 Å². The summed E-state index contributed by atoms with van der Waals surface area (Å²) in [5.74, 6) is 0. The van der Waals surface area contributed by atoms with Crippen molar-refractivity contribution in [3.63, 3.8) is 0 Å². The summed E-state index contributed by atoms with van der Waals surface area (Å²) in [7, 11) is -3.90. The molecule has 0 radical (unpaired) electrons. The molecule has 0 spiro atoms. The van der Waals surface area contributed by atoms with Crippen molar-refractivity contribution in [3.8, 4) is 0 Å². The quantitative estimate of drug-likeness (QED) is 0.177. The number of thiophene rings is 2. The van der Waals surface area contributed by atoms with E-state index in [-0.39, 0.29) is 0 Å². The first-order valence-electron chi connectivity index (χ1n) is 9.61. The van der Waals surface area contributed by atoms with Crippen LogP contribution in [0.2, 0.25) is 0 Å². The molecule has 0 aliphatic heterocycles. The summed E-state index contributed by atoms with van der Waals surface area (Å²) in [6, 6.07) is 19.5. The fourth-order valence-electron chi connectivity index (χ4n) is 4.20. The molecule has 0 unspecified atom stereocenters. The predicted molar refractivity (Wildman–Crippen MR) is 155 cm³/mol. The lowest BCUT2D eigenvalue weighted by Crippen LogP contribution is -2.05. The van der Waals surface area contributed by atoms with Crippen molar-refractivity contribution in [2.45, 2.75) is 9.79 Å². The minimum atomic E-state index is -3.90. The molecule has 0 saturated heterocycles. The highest BCUT2D eigenvalue weighted by Crippen LogP contribution is 2.48. The molecular formula is C24H10Br4O2S3. The van der Waals surface area contributed by atoms with Gasteiger partial charge in [-0.3, -0.25) is 0 Å². The maximum absolute atomic E-state index is 14.5. The monoisotopic (exact) mass is 742 g/mol. The molecule has 2 aromatic heterocycles. The van der Waals surface area contributed by atoms with E-state index in [1.54, 1.807) is 22.7 Å². The summed E-state index contributed by atoms with van der Waals surface area (Å²) in [5, 5.41) is 3.37. The van der Waals surface area contributed by atoms with Crippen LogP contribution in [0.15, 0.2) is 88.3 Å². The van der Waals surface area contributed by atoms with Gasteiger partial charge in [-0.05, 0) is 80.4 Å². The van der Waals surface area contributed by atoms with Crippen molar-refractivity contribution in [2.75, 3.05) is 0 Å². The summed E-state index contributed by atoms with van der Waals surface area (Å²) in [4.78, 5) is 0.608. The van der Waals surface area contributed by atoms with E-state index in [1.165, 1.54) is 0 Å². The Balaban J connectivity index is 1.78. The van der Waals surface area contributed by atoms with Gasteiger partial charge in [0.1, 0.15) is 0 Å². The highest BCUT2D eigenvalue weighted by molar-refractivity contribution is 9.11. The van der Waals surface area contributed by atoms with Crippen molar-refractivity contribution in [3.05, 3.63) is 78.6 Å². The van der Waals surface area contributed by atoms with Crippen LogP contribution >= 0.6 is 86.4 Å². The standard InChI is InChI=1S/C24H10Br4O2S3/c25-11-1-3-13-19(9-11)31-17-7-5-15(27)23(21(13)17)33(29,30)24-16(28)6-8-18-22(24)14-4-2-12(26)10-20(14)32-18/h1-10H. The lowest BCUT2D eigenvalue weighted by Gasteiger charge is -2.13. The molecule has 6 rings (SSSR count). The van der Waals surface area contributed by atoms with Crippen LogP contribution in [-0.2, 0) is 9.84 Å². The van der Waals surface area contributed by atoms with Crippen LogP contribution in [0.1, 0.15) is 0 Å². The molecule has 0 aliphatic rings. The molecule has 2 nitrogen and oxygen atoms in total. The van der Waals surface area contributed by atoms with E-state index in [4.69, 9.17) is 0 Å². The summed E-state index contributed by atoms with van der Waals surface area (Å²) >= 11 is 17.4. The Morgan fingerprint density at radius 1 is 0.545 bits per heavy atom. The second-order valence-electron chi connectivity index (χ2n) is 7.49. The molecule has 0 amide bonds. The lowest BCUT2D eigenvalue weighted by atomic mass is 10.1. The molecule has 0 bridgehead atoms. The molecule has 4 aromatic carbocycles. The Morgan fingerprint density at radius 3 is 1.39 bits per heavy atom. The average Bonchev–Trinajstić information content (AvgIpc) is 3.30. The van der Waals surface area contributed by atoms with Crippen LogP contribution in [0, 0.1) is 0 Å². The molecule has 0 atom stereocenters. The van der Waals surface area contributed by atoms with E-state index in [2.05, 4.69) is 63.7 Å².